The number of nitrogens with one attached hydrogen (secondary N) is 1. The van der Waals surface area contributed by atoms with Gasteiger partial charge in [-0.3, -0.25) is 4.79 Å². The van der Waals surface area contributed by atoms with Gasteiger partial charge in [-0.15, -0.1) is 0 Å². The summed E-state index contributed by atoms with van der Waals surface area (Å²) in [7, 11) is 1.54. The van der Waals surface area contributed by atoms with Crippen molar-refractivity contribution in [2.75, 3.05) is 13.7 Å². The van der Waals surface area contributed by atoms with Crippen LogP contribution in [0.3, 0.4) is 0 Å². The Morgan fingerprint density at radius 1 is 0.919 bits per heavy atom. The molecule has 1 heterocycles. The van der Waals surface area contributed by atoms with E-state index in [0.29, 0.717) is 47.4 Å². The van der Waals surface area contributed by atoms with Gasteiger partial charge in [-0.2, -0.15) is 0 Å². The first-order valence-corrected chi connectivity index (χ1v) is 12.2. The molecule has 1 N–H and O–H groups in total. The van der Waals surface area contributed by atoms with Gasteiger partial charge in [0.05, 0.1) is 12.5 Å². The van der Waals surface area contributed by atoms with Gasteiger partial charge in [-0.1, -0.05) is 36.8 Å². The molecule has 0 aliphatic carbocycles. The van der Waals surface area contributed by atoms with E-state index in [1.54, 1.807) is 31.2 Å². The molecule has 0 saturated carbocycles. The highest BCUT2D eigenvalue weighted by molar-refractivity contribution is 6.06. The molecule has 0 bridgehead atoms. The van der Waals surface area contributed by atoms with E-state index in [1.807, 2.05) is 36.4 Å². The summed E-state index contributed by atoms with van der Waals surface area (Å²) in [6.45, 7) is 2.44. The van der Waals surface area contributed by atoms with Gasteiger partial charge in [0.15, 0.2) is 0 Å². The SMILES string of the molecule is COc1ccc2c(c1)c(=O)oc1c(C)c(OC(=O)CCCCCNC(=O)OCc3ccccc3)ccc12. The number of hydrogen-bond donors (Lipinski definition) is 1. The van der Waals surface area contributed by atoms with Crippen LogP contribution in [0.1, 0.15) is 36.8 Å². The van der Waals surface area contributed by atoms with Crippen molar-refractivity contribution in [3.05, 3.63) is 82.2 Å². The number of carbonyl (C=O) groups is 2. The molecule has 1 amide bonds. The Balaban J connectivity index is 1.24. The topological polar surface area (TPSA) is 104 Å². The Labute approximate surface area is 214 Å². The summed E-state index contributed by atoms with van der Waals surface area (Å²) >= 11 is 0. The van der Waals surface area contributed by atoms with E-state index in [9.17, 15) is 14.4 Å². The van der Waals surface area contributed by atoms with Gasteiger partial charge in [0, 0.05) is 29.3 Å². The van der Waals surface area contributed by atoms with Crippen LogP contribution < -0.4 is 20.4 Å². The molecule has 4 aromatic rings. The summed E-state index contributed by atoms with van der Waals surface area (Å²) in [6.07, 6.45) is 1.85. The van der Waals surface area contributed by atoms with Crippen molar-refractivity contribution in [1.29, 1.82) is 0 Å². The minimum absolute atomic E-state index is 0.223. The summed E-state index contributed by atoms with van der Waals surface area (Å²) in [5.74, 6) is 0.557. The van der Waals surface area contributed by atoms with Crippen LogP contribution in [0.25, 0.3) is 21.7 Å². The van der Waals surface area contributed by atoms with Crippen molar-refractivity contribution >= 4 is 33.8 Å². The maximum Gasteiger partial charge on any atom is 0.407 e. The Morgan fingerprint density at radius 3 is 2.49 bits per heavy atom. The number of amides is 1. The highest BCUT2D eigenvalue weighted by Crippen LogP contribution is 2.32. The van der Waals surface area contributed by atoms with E-state index in [-0.39, 0.29) is 19.0 Å². The van der Waals surface area contributed by atoms with Crippen molar-refractivity contribution in [3.63, 3.8) is 0 Å². The first-order valence-electron chi connectivity index (χ1n) is 12.2. The Morgan fingerprint density at radius 2 is 1.70 bits per heavy atom. The lowest BCUT2D eigenvalue weighted by atomic mass is 10.0. The number of esters is 1. The number of unbranched alkanes of at least 4 members (excludes halogenated alkanes) is 2. The molecule has 0 radical (unpaired) electrons. The molecule has 192 valence electrons. The summed E-state index contributed by atoms with van der Waals surface area (Å²) in [6, 6.07) is 18.2. The molecule has 0 unspecified atom stereocenters. The Bertz CT molecular complexity index is 1460. The zero-order valence-corrected chi connectivity index (χ0v) is 20.9. The van der Waals surface area contributed by atoms with Gasteiger partial charge >= 0.3 is 17.7 Å². The number of methoxy groups -OCH3 is 1. The number of carbonyl (C=O) groups excluding carboxylic acids is 2. The van der Waals surface area contributed by atoms with Crippen molar-refractivity contribution < 1.29 is 28.2 Å². The van der Waals surface area contributed by atoms with Crippen molar-refractivity contribution in [2.45, 2.75) is 39.2 Å². The number of rotatable bonds is 10. The van der Waals surface area contributed by atoms with Crippen LogP contribution in [-0.2, 0) is 16.1 Å². The third-order valence-electron chi connectivity index (χ3n) is 6.05. The van der Waals surface area contributed by atoms with Crippen LogP contribution in [0.4, 0.5) is 4.79 Å². The molecule has 1 aromatic heterocycles. The van der Waals surface area contributed by atoms with E-state index in [4.69, 9.17) is 18.6 Å². The minimum atomic E-state index is -0.481. The number of hydrogen-bond acceptors (Lipinski definition) is 7. The molecule has 0 saturated heterocycles. The smallest absolute Gasteiger partial charge is 0.407 e. The Hall–Kier alpha value is -4.33. The fourth-order valence-electron chi connectivity index (χ4n) is 4.04. The monoisotopic (exact) mass is 503 g/mol. The fraction of sp³-hybridized carbons (Fsp3) is 0.276. The standard InChI is InChI=1S/C29H29NO7/c1-19-25(15-14-23-22-13-12-21(34-2)17-24(22)28(32)37-27(19)23)36-26(31)11-7-4-8-16-30-29(33)35-18-20-9-5-3-6-10-20/h3,5-6,9-10,12-15,17H,4,7-8,11,16,18H2,1-2H3,(H,30,33). The molecule has 8 heteroatoms. The van der Waals surface area contributed by atoms with Gasteiger partial charge in [0.2, 0.25) is 0 Å². The van der Waals surface area contributed by atoms with Gasteiger partial charge in [-0.25, -0.2) is 9.59 Å². The molecule has 0 aliphatic heterocycles. The maximum atomic E-state index is 12.6. The molecule has 0 aliphatic rings. The van der Waals surface area contributed by atoms with E-state index in [1.165, 1.54) is 7.11 Å². The predicted octanol–water partition coefficient (Wildman–Crippen LogP) is 5.66. The molecule has 3 aromatic carbocycles. The second kappa shape index (κ2) is 12.1. The summed E-state index contributed by atoms with van der Waals surface area (Å²) in [4.78, 5) is 36.7. The average Bonchev–Trinajstić information content (AvgIpc) is 2.92. The highest BCUT2D eigenvalue weighted by atomic mass is 16.5. The molecular formula is C29H29NO7. The number of ether oxygens (including phenoxy) is 3. The average molecular weight is 504 g/mol. The van der Waals surface area contributed by atoms with Crippen LogP contribution in [-0.4, -0.2) is 25.7 Å². The summed E-state index contributed by atoms with van der Waals surface area (Å²) < 4.78 is 21.5. The van der Waals surface area contributed by atoms with Gasteiger partial charge < -0.3 is 23.9 Å². The number of aryl methyl sites for hydroxylation is 1. The molecule has 37 heavy (non-hydrogen) atoms. The third-order valence-corrected chi connectivity index (χ3v) is 6.05. The van der Waals surface area contributed by atoms with Crippen LogP contribution in [0.2, 0.25) is 0 Å². The number of benzene rings is 3. The number of alkyl carbamates (subject to hydrolysis) is 1. The van der Waals surface area contributed by atoms with E-state index in [2.05, 4.69) is 5.32 Å². The van der Waals surface area contributed by atoms with Crippen molar-refractivity contribution in [1.82, 2.24) is 5.32 Å². The van der Waals surface area contributed by atoms with E-state index < -0.39 is 11.7 Å². The largest absolute Gasteiger partial charge is 0.497 e. The molecule has 4 rings (SSSR count). The normalized spacial score (nSPS) is 10.9. The van der Waals surface area contributed by atoms with Gasteiger partial charge in [-0.05, 0) is 55.7 Å². The number of fused-ring (bicyclic) bond motifs is 3. The lowest BCUT2D eigenvalue weighted by Crippen LogP contribution is -2.25. The predicted molar refractivity (Wildman–Crippen MR) is 140 cm³/mol. The minimum Gasteiger partial charge on any atom is -0.497 e. The fourth-order valence-corrected chi connectivity index (χ4v) is 4.04. The summed E-state index contributed by atoms with van der Waals surface area (Å²) in [5.41, 5.74) is 1.41. The second-order valence-electron chi connectivity index (χ2n) is 8.64. The molecule has 0 fully saturated rings. The van der Waals surface area contributed by atoms with Crippen LogP contribution >= 0.6 is 0 Å². The second-order valence-corrected chi connectivity index (χ2v) is 8.64. The van der Waals surface area contributed by atoms with E-state index in [0.717, 1.165) is 22.8 Å². The highest BCUT2D eigenvalue weighted by Gasteiger charge is 2.15. The zero-order valence-electron chi connectivity index (χ0n) is 20.9. The Kier molecular flexibility index (Phi) is 8.40. The third kappa shape index (κ3) is 6.46. The first kappa shape index (κ1) is 25.8. The van der Waals surface area contributed by atoms with Crippen LogP contribution in [0.5, 0.6) is 11.5 Å². The van der Waals surface area contributed by atoms with Gasteiger partial charge in [0.25, 0.3) is 0 Å². The molecule has 0 atom stereocenters. The van der Waals surface area contributed by atoms with Crippen molar-refractivity contribution in [2.24, 2.45) is 0 Å². The van der Waals surface area contributed by atoms with Crippen molar-refractivity contribution in [3.8, 4) is 11.5 Å². The molecule has 0 spiro atoms. The summed E-state index contributed by atoms with van der Waals surface area (Å²) in [5, 5.41) is 4.63. The first-order chi connectivity index (χ1) is 18.0. The maximum absolute atomic E-state index is 12.6. The zero-order chi connectivity index (χ0) is 26.2. The quantitative estimate of drug-likeness (QED) is 0.0980. The molecule has 8 nitrogen and oxygen atoms in total. The van der Waals surface area contributed by atoms with Crippen LogP contribution in [0, 0.1) is 6.92 Å². The lowest BCUT2D eigenvalue weighted by molar-refractivity contribution is -0.134. The van der Waals surface area contributed by atoms with Gasteiger partial charge in [0.1, 0.15) is 23.7 Å². The van der Waals surface area contributed by atoms with Crippen LogP contribution in [0.15, 0.2) is 69.9 Å². The van der Waals surface area contributed by atoms with E-state index >= 15 is 0 Å². The molecular weight excluding hydrogens is 474 g/mol. The lowest BCUT2D eigenvalue weighted by Gasteiger charge is -2.11.